The molecular formula is C12H13ClN2O. The Bertz CT molecular complexity index is 523. The van der Waals surface area contributed by atoms with E-state index in [4.69, 9.17) is 21.8 Å². The van der Waals surface area contributed by atoms with E-state index in [2.05, 4.69) is 4.98 Å². The molecule has 2 atom stereocenters. The van der Waals surface area contributed by atoms with E-state index in [1.165, 1.54) is 0 Å². The summed E-state index contributed by atoms with van der Waals surface area (Å²) in [4.78, 5) is 4.49. The smallest absolute Gasteiger partial charge is 0.198 e. The largest absolute Gasteiger partial charge is 0.440 e. The molecule has 0 radical (unpaired) electrons. The number of hydrogen-bond donors (Lipinski definition) is 1. The van der Waals surface area contributed by atoms with Gasteiger partial charge in [0.05, 0.1) is 0 Å². The van der Waals surface area contributed by atoms with E-state index in [0.29, 0.717) is 17.0 Å². The highest BCUT2D eigenvalue weighted by atomic mass is 35.5. The molecule has 1 heterocycles. The quantitative estimate of drug-likeness (QED) is 0.828. The fourth-order valence-corrected chi connectivity index (χ4v) is 2.49. The molecule has 16 heavy (non-hydrogen) atoms. The average Bonchev–Trinajstić information content (AvgIpc) is 2.83. The second-order valence-corrected chi connectivity index (χ2v) is 4.87. The van der Waals surface area contributed by atoms with E-state index in [-0.39, 0.29) is 0 Å². The van der Waals surface area contributed by atoms with Crippen molar-refractivity contribution in [2.45, 2.75) is 31.2 Å². The van der Waals surface area contributed by atoms with Gasteiger partial charge in [-0.2, -0.15) is 0 Å². The zero-order chi connectivity index (χ0) is 11.1. The van der Waals surface area contributed by atoms with Crippen molar-refractivity contribution in [2.24, 2.45) is 5.73 Å². The predicted molar refractivity (Wildman–Crippen MR) is 63.6 cm³/mol. The van der Waals surface area contributed by atoms with Crippen molar-refractivity contribution in [1.82, 2.24) is 4.98 Å². The summed E-state index contributed by atoms with van der Waals surface area (Å²) in [6, 6.07) is 5.82. The number of nitrogens with two attached hydrogens (primary N) is 1. The second kappa shape index (κ2) is 3.75. The summed E-state index contributed by atoms with van der Waals surface area (Å²) in [5.74, 6) is 1.19. The van der Waals surface area contributed by atoms with Crippen molar-refractivity contribution in [2.75, 3.05) is 0 Å². The summed E-state index contributed by atoms with van der Waals surface area (Å²) in [6.07, 6.45) is 3.10. The van der Waals surface area contributed by atoms with Gasteiger partial charge in [0, 0.05) is 23.0 Å². The third-order valence-electron chi connectivity index (χ3n) is 3.19. The van der Waals surface area contributed by atoms with Gasteiger partial charge in [-0.3, -0.25) is 0 Å². The number of oxazole rings is 1. The van der Waals surface area contributed by atoms with Gasteiger partial charge in [-0.15, -0.1) is 0 Å². The molecule has 0 bridgehead atoms. The van der Waals surface area contributed by atoms with Crippen LogP contribution in [0.2, 0.25) is 5.02 Å². The first-order chi connectivity index (χ1) is 7.72. The second-order valence-electron chi connectivity index (χ2n) is 4.43. The van der Waals surface area contributed by atoms with Crippen LogP contribution in [0.25, 0.3) is 11.1 Å². The molecule has 1 saturated carbocycles. The standard InChI is InChI=1S/C12H13ClN2O/c13-8-2-4-10-11(6-8)16-12(15-10)7-1-3-9(14)5-7/h2,4,6-7,9H,1,3,5,14H2/t7-,9+/m1/s1. The Morgan fingerprint density at radius 1 is 1.38 bits per heavy atom. The van der Waals surface area contributed by atoms with Crippen molar-refractivity contribution in [3.63, 3.8) is 0 Å². The lowest BCUT2D eigenvalue weighted by molar-refractivity contribution is 0.471. The minimum Gasteiger partial charge on any atom is -0.440 e. The molecule has 2 N–H and O–H groups in total. The Balaban J connectivity index is 1.99. The number of fused-ring (bicyclic) bond motifs is 1. The van der Waals surface area contributed by atoms with Crippen LogP contribution < -0.4 is 5.73 Å². The van der Waals surface area contributed by atoms with E-state index in [1.807, 2.05) is 18.2 Å². The summed E-state index contributed by atoms with van der Waals surface area (Å²) < 4.78 is 5.73. The number of nitrogens with zero attached hydrogens (tertiary/aromatic N) is 1. The van der Waals surface area contributed by atoms with Gasteiger partial charge < -0.3 is 10.2 Å². The molecule has 3 nitrogen and oxygen atoms in total. The number of halogens is 1. The van der Waals surface area contributed by atoms with Crippen LogP contribution in [-0.2, 0) is 0 Å². The SMILES string of the molecule is N[C@H]1CC[C@@H](c2nc3ccc(Cl)cc3o2)C1. The van der Waals surface area contributed by atoms with E-state index in [0.717, 1.165) is 36.3 Å². The summed E-state index contributed by atoms with van der Waals surface area (Å²) in [7, 11) is 0. The number of rotatable bonds is 1. The molecule has 3 rings (SSSR count). The molecule has 1 aliphatic rings. The van der Waals surface area contributed by atoms with Crippen LogP contribution in [-0.4, -0.2) is 11.0 Å². The lowest BCUT2D eigenvalue weighted by Crippen LogP contribution is -2.14. The zero-order valence-corrected chi connectivity index (χ0v) is 9.57. The highest BCUT2D eigenvalue weighted by Gasteiger charge is 2.27. The summed E-state index contributed by atoms with van der Waals surface area (Å²) in [6.45, 7) is 0. The molecule has 0 aliphatic heterocycles. The van der Waals surface area contributed by atoms with E-state index in [9.17, 15) is 0 Å². The van der Waals surface area contributed by atoms with Crippen LogP contribution in [0.15, 0.2) is 22.6 Å². The topological polar surface area (TPSA) is 52.0 Å². The van der Waals surface area contributed by atoms with E-state index in [1.54, 1.807) is 0 Å². The van der Waals surface area contributed by atoms with Crippen LogP contribution in [0.4, 0.5) is 0 Å². The van der Waals surface area contributed by atoms with Gasteiger partial charge in [-0.05, 0) is 31.4 Å². The normalized spacial score (nSPS) is 25.4. The summed E-state index contributed by atoms with van der Waals surface area (Å²) in [5.41, 5.74) is 7.53. The van der Waals surface area contributed by atoms with Gasteiger partial charge in [-0.25, -0.2) is 4.98 Å². The van der Waals surface area contributed by atoms with Crippen molar-refractivity contribution in [3.8, 4) is 0 Å². The first-order valence-electron chi connectivity index (χ1n) is 5.54. The van der Waals surface area contributed by atoms with E-state index < -0.39 is 0 Å². The third kappa shape index (κ3) is 1.70. The molecule has 0 unspecified atom stereocenters. The maximum Gasteiger partial charge on any atom is 0.198 e. The van der Waals surface area contributed by atoms with Crippen molar-refractivity contribution < 1.29 is 4.42 Å². The van der Waals surface area contributed by atoms with Crippen molar-refractivity contribution in [1.29, 1.82) is 0 Å². The predicted octanol–water partition coefficient (Wildman–Crippen LogP) is 3.08. The van der Waals surface area contributed by atoms with Gasteiger partial charge >= 0.3 is 0 Å². The Hall–Kier alpha value is -1.06. The fourth-order valence-electron chi connectivity index (χ4n) is 2.33. The van der Waals surface area contributed by atoms with Crippen LogP contribution in [0.3, 0.4) is 0 Å². The molecule has 84 valence electrons. The van der Waals surface area contributed by atoms with Gasteiger partial charge in [0.15, 0.2) is 11.5 Å². The van der Waals surface area contributed by atoms with Crippen LogP contribution in [0.1, 0.15) is 31.1 Å². The lowest BCUT2D eigenvalue weighted by atomic mass is 10.1. The number of hydrogen-bond acceptors (Lipinski definition) is 3. The minimum absolute atomic E-state index is 0.295. The molecule has 4 heteroatoms. The Labute approximate surface area is 98.6 Å². The monoisotopic (exact) mass is 236 g/mol. The maximum absolute atomic E-state index is 5.90. The molecular weight excluding hydrogens is 224 g/mol. The maximum atomic E-state index is 5.90. The highest BCUT2D eigenvalue weighted by molar-refractivity contribution is 6.31. The molecule has 1 aromatic heterocycles. The zero-order valence-electron chi connectivity index (χ0n) is 8.82. The first kappa shape index (κ1) is 10.1. The highest BCUT2D eigenvalue weighted by Crippen LogP contribution is 2.34. The molecule has 1 aliphatic carbocycles. The molecule has 0 saturated heterocycles. The number of aromatic nitrogens is 1. The average molecular weight is 237 g/mol. The van der Waals surface area contributed by atoms with Gasteiger partial charge in [0.2, 0.25) is 0 Å². The minimum atomic E-state index is 0.295. The Morgan fingerprint density at radius 2 is 2.25 bits per heavy atom. The lowest BCUT2D eigenvalue weighted by Gasteiger charge is -2.02. The molecule has 1 fully saturated rings. The van der Waals surface area contributed by atoms with Crippen molar-refractivity contribution >= 4 is 22.7 Å². The fraction of sp³-hybridized carbons (Fsp3) is 0.417. The molecule has 0 amide bonds. The van der Waals surface area contributed by atoms with Gasteiger partial charge in [-0.1, -0.05) is 11.6 Å². The van der Waals surface area contributed by atoms with Gasteiger partial charge in [0.1, 0.15) is 5.52 Å². The number of benzene rings is 1. The summed E-state index contributed by atoms with van der Waals surface area (Å²) in [5, 5.41) is 0.679. The first-order valence-corrected chi connectivity index (χ1v) is 5.92. The molecule has 0 spiro atoms. The van der Waals surface area contributed by atoms with E-state index >= 15 is 0 Å². The summed E-state index contributed by atoms with van der Waals surface area (Å²) >= 11 is 5.90. The Kier molecular flexibility index (Phi) is 2.37. The van der Waals surface area contributed by atoms with Crippen molar-refractivity contribution in [3.05, 3.63) is 29.1 Å². The van der Waals surface area contributed by atoms with Crippen LogP contribution in [0, 0.1) is 0 Å². The molecule has 1 aromatic carbocycles. The van der Waals surface area contributed by atoms with Crippen LogP contribution in [0.5, 0.6) is 0 Å². The van der Waals surface area contributed by atoms with Crippen LogP contribution >= 0.6 is 11.6 Å². The van der Waals surface area contributed by atoms with Gasteiger partial charge in [0.25, 0.3) is 0 Å². The Morgan fingerprint density at radius 3 is 3.00 bits per heavy atom. The third-order valence-corrected chi connectivity index (χ3v) is 3.42. The molecule has 2 aromatic rings.